The minimum absolute atomic E-state index is 0.00886. The van der Waals surface area contributed by atoms with Gasteiger partial charge in [-0.25, -0.2) is 0 Å². The maximum atomic E-state index is 13.1. The van der Waals surface area contributed by atoms with Crippen molar-refractivity contribution in [2.24, 2.45) is 0 Å². The van der Waals surface area contributed by atoms with E-state index < -0.39 is 0 Å². The Morgan fingerprint density at radius 2 is 2.17 bits per heavy atom. The second-order valence-corrected chi connectivity index (χ2v) is 9.19. The van der Waals surface area contributed by atoms with Crippen LogP contribution in [0.3, 0.4) is 0 Å². The van der Waals surface area contributed by atoms with Crippen molar-refractivity contribution in [2.45, 2.75) is 58.2 Å². The number of nitrogens with one attached hydrogen (secondary N) is 1. The number of aryl methyl sites for hydroxylation is 1. The third kappa shape index (κ3) is 4.57. The molecule has 1 atom stereocenters. The minimum Gasteiger partial charge on any atom is -0.352 e. The SMILES string of the molecule is Cc1ncc2c(c1CNC(=O)Cc1ccsc1)CCN(C(=O)C1CCCCN1C)C2. The van der Waals surface area contributed by atoms with Gasteiger partial charge in [0, 0.05) is 31.5 Å². The van der Waals surface area contributed by atoms with Crippen LogP contribution in [-0.4, -0.2) is 52.8 Å². The average molecular weight is 427 g/mol. The normalized spacial score (nSPS) is 19.4. The molecule has 1 unspecified atom stereocenters. The summed E-state index contributed by atoms with van der Waals surface area (Å²) in [5, 5.41) is 7.05. The van der Waals surface area contributed by atoms with Crippen LogP contribution in [0, 0.1) is 6.92 Å². The molecular weight excluding hydrogens is 396 g/mol. The smallest absolute Gasteiger partial charge is 0.240 e. The van der Waals surface area contributed by atoms with E-state index in [4.69, 9.17) is 0 Å². The first-order chi connectivity index (χ1) is 14.5. The number of hydrogen-bond donors (Lipinski definition) is 1. The van der Waals surface area contributed by atoms with Gasteiger partial charge in [0.1, 0.15) is 0 Å². The van der Waals surface area contributed by atoms with Crippen molar-refractivity contribution in [1.29, 1.82) is 0 Å². The van der Waals surface area contributed by atoms with Gasteiger partial charge >= 0.3 is 0 Å². The van der Waals surface area contributed by atoms with Crippen LogP contribution >= 0.6 is 11.3 Å². The van der Waals surface area contributed by atoms with Gasteiger partial charge in [-0.15, -0.1) is 0 Å². The van der Waals surface area contributed by atoms with Gasteiger partial charge < -0.3 is 10.2 Å². The van der Waals surface area contributed by atoms with Gasteiger partial charge in [0.05, 0.1) is 12.5 Å². The topological polar surface area (TPSA) is 65.5 Å². The summed E-state index contributed by atoms with van der Waals surface area (Å²) in [5.41, 5.74) is 5.47. The molecule has 2 aromatic rings. The number of amides is 2. The number of thiophene rings is 1. The fourth-order valence-electron chi connectivity index (χ4n) is 4.57. The Morgan fingerprint density at radius 1 is 1.30 bits per heavy atom. The number of fused-ring (bicyclic) bond motifs is 1. The standard InChI is InChI=1S/C23H30N4O2S/c1-16-20(13-25-22(28)11-17-7-10-30-15-17)19-6-9-27(14-18(19)12-24-16)23(29)21-5-3-4-8-26(21)2/h7,10,12,15,21H,3-6,8-9,11,13-14H2,1-2H3,(H,25,28). The lowest BCUT2D eigenvalue weighted by Gasteiger charge is -2.37. The predicted octanol–water partition coefficient (Wildman–Crippen LogP) is 2.68. The molecule has 6 nitrogen and oxygen atoms in total. The molecule has 1 saturated heterocycles. The highest BCUT2D eigenvalue weighted by Crippen LogP contribution is 2.26. The number of hydrogen-bond acceptors (Lipinski definition) is 5. The summed E-state index contributed by atoms with van der Waals surface area (Å²) in [5.74, 6) is 0.271. The zero-order valence-corrected chi connectivity index (χ0v) is 18.6. The summed E-state index contributed by atoms with van der Waals surface area (Å²) < 4.78 is 0. The summed E-state index contributed by atoms with van der Waals surface area (Å²) in [7, 11) is 2.06. The minimum atomic E-state index is 0.00886. The van der Waals surface area contributed by atoms with Crippen LogP contribution < -0.4 is 5.32 Å². The number of nitrogens with zero attached hydrogens (tertiary/aromatic N) is 3. The van der Waals surface area contributed by atoms with Crippen LogP contribution in [0.4, 0.5) is 0 Å². The van der Waals surface area contributed by atoms with E-state index in [2.05, 4.69) is 22.2 Å². The lowest BCUT2D eigenvalue weighted by molar-refractivity contribution is -0.138. The molecule has 2 aliphatic rings. The second-order valence-electron chi connectivity index (χ2n) is 8.41. The van der Waals surface area contributed by atoms with Crippen LogP contribution in [0.2, 0.25) is 0 Å². The van der Waals surface area contributed by atoms with Crippen LogP contribution in [0.25, 0.3) is 0 Å². The summed E-state index contributed by atoms with van der Waals surface area (Å²) >= 11 is 1.60. The van der Waals surface area contributed by atoms with Crippen molar-refractivity contribution in [2.75, 3.05) is 20.1 Å². The lowest BCUT2D eigenvalue weighted by Crippen LogP contribution is -2.50. The highest BCUT2D eigenvalue weighted by atomic mass is 32.1. The maximum Gasteiger partial charge on any atom is 0.240 e. The van der Waals surface area contributed by atoms with Gasteiger partial charge in [-0.3, -0.25) is 19.5 Å². The lowest BCUT2D eigenvalue weighted by atomic mass is 9.93. The molecule has 0 aliphatic carbocycles. The molecule has 7 heteroatoms. The van der Waals surface area contributed by atoms with Crippen molar-refractivity contribution in [3.63, 3.8) is 0 Å². The fourth-order valence-corrected chi connectivity index (χ4v) is 5.24. The van der Waals surface area contributed by atoms with Crippen LogP contribution in [0.5, 0.6) is 0 Å². The Hall–Kier alpha value is -2.25. The molecule has 1 fully saturated rings. The third-order valence-electron chi connectivity index (χ3n) is 6.37. The van der Waals surface area contributed by atoms with Gasteiger partial charge in [0.15, 0.2) is 0 Å². The van der Waals surface area contributed by atoms with E-state index in [0.29, 0.717) is 19.5 Å². The Kier molecular flexibility index (Phi) is 6.49. The summed E-state index contributed by atoms with van der Waals surface area (Å²) in [4.78, 5) is 34.2. The van der Waals surface area contributed by atoms with Crippen molar-refractivity contribution in [3.05, 3.63) is 51.0 Å². The first-order valence-corrected chi connectivity index (χ1v) is 11.7. The number of likely N-dealkylation sites (tertiary alicyclic amines) is 1. The number of pyridine rings is 1. The highest BCUT2D eigenvalue weighted by molar-refractivity contribution is 7.08. The molecule has 0 aromatic carbocycles. The van der Waals surface area contributed by atoms with Crippen molar-refractivity contribution < 1.29 is 9.59 Å². The van der Waals surface area contributed by atoms with Crippen LogP contribution in [-0.2, 0) is 35.5 Å². The molecule has 2 aliphatic heterocycles. The summed E-state index contributed by atoms with van der Waals surface area (Å²) in [6, 6.07) is 1.99. The van der Waals surface area contributed by atoms with E-state index in [-0.39, 0.29) is 17.9 Å². The van der Waals surface area contributed by atoms with E-state index in [1.165, 1.54) is 12.0 Å². The molecule has 0 radical (unpaired) electrons. The van der Waals surface area contributed by atoms with Gasteiger partial charge in [0.2, 0.25) is 11.8 Å². The Balaban J connectivity index is 1.43. The zero-order valence-electron chi connectivity index (χ0n) is 17.8. The molecule has 4 rings (SSSR count). The van der Waals surface area contributed by atoms with E-state index in [0.717, 1.165) is 54.7 Å². The van der Waals surface area contributed by atoms with Crippen LogP contribution in [0.15, 0.2) is 23.0 Å². The number of carbonyl (C=O) groups is 2. The number of piperidine rings is 1. The molecule has 0 saturated carbocycles. The monoisotopic (exact) mass is 426 g/mol. The number of likely N-dealkylation sites (N-methyl/N-ethyl adjacent to an activating group) is 1. The maximum absolute atomic E-state index is 13.1. The Labute approximate surface area is 182 Å². The largest absolute Gasteiger partial charge is 0.352 e. The predicted molar refractivity (Wildman–Crippen MR) is 118 cm³/mol. The fraction of sp³-hybridized carbons (Fsp3) is 0.522. The molecule has 4 heterocycles. The number of rotatable bonds is 5. The van der Waals surface area contributed by atoms with E-state index in [1.807, 2.05) is 34.8 Å². The first-order valence-electron chi connectivity index (χ1n) is 10.8. The summed E-state index contributed by atoms with van der Waals surface area (Å²) in [6.45, 7) is 4.83. The van der Waals surface area contributed by atoms with E-state index in [9.17, 15) is 9.59 Å². The molecule has 0 spiro atoms. The second kappa shape index (κ2) is 9.27. The average Bonchev–Trinajstić information content (AvgIpc) is 3.25. The molecule has 2 amide bonds. The quantitative estimate of drug-likeness (QED) is 0.798. The highest BCUT2D eigenvalue weighted by Gasteiger charge is 2.32. The molecule has 160 valence electrons. The van der Waals surface area contributed by atoms with E-state index >= 15 is 0 Å². The molecule has 0 bridgehead atoms. The number of aromatic nitrogens is 1. The van der Waals surface area contributed by atoms with Gasteiger partial charge in [-0.05, 0) is 78.9 Å². The van der Waals surface area contributed by atoms with Crippen molar-refractivity contribution in [1.82, 2.24) is 20.1 Å². The summed E-state index contributed by atoms with van der Waals surface area (Å²) in [6.07, 6.45) is 6.38. The van der Waals surface area contributed by atoms with Crippen molar-refractivity contribution >= 4 is 23.2 Å². The Bertz CT molecular complexity index is 912. The molecular formula is C23H30N4O2S. The first kappa shape index (κ1) is 21.0. The van der Waals surface area contributed by atoms with Gasteiger partial charge in [-0.1, -0.05) is 6.42 Å². The Morgan fingerprint density at radius 3 is 2.93 bits per heavy atom. The van der Waals surface area contributed by atoms with Crippen molar-refractivity contribution in [3.8, 4) is 0 Å². The van der Waals surface area contributed by atoms with Gasteiger partial charge in [0.25, 0.3) is 0 Å². The van der Waals surface area contributed by atoms with Crippen LogP contribution in [0.1, 0.15) is 47.2 Å². The third-order valence-corrected chi connectivity index (χ3v) is 7.10. The molecule has 1 N–H and O–H groups in total. The zero-order chi connectivity index (χ0) is 21.1. The van der Waals surface area contributed by atoms with E-state index in [1.54, 1.807) is 11.3 Å². The van der Waals surface area contributed by atoms with Gasteiger partial charge in [-0.2, -0.15) is 11.3 Å². The molecule has 2 aromatic heterocycles. The molecule has 30 heavy (non-hydrogen) atoms. The number of carbonyl (C=O) groups excluding carboxylic acids is 2.